The molecule has 1 N–H and O–H groups in total. The van der Waals surface area contributed by atoms with Gasteiger partial charge in [0.05, 0.1) is 5.60 Å². The first-order chi connectivity index (χ1) is 8.17. The summed E-state index contributed by atoms with van der Waals surface area (Å²) in [7, 11) is 0. The lowest BCUT2D eigenvalue weighted by molar-refractivity contribution is -0.203. The average molecular weight is 250 g/mol. The van der Waals surface area contributed by atoms with Gasteiger partial charge in [0.25, 0.3) is 0 Å². The van der Waals surface area contributed by atoms with E-state index in [0.29, 0.717) is 16.2 Å². The van der Waals surface area contributed by atoms with Crippen LogP contribution in [-0.2, 0) is 0 Å². The normalized spacial score (nSPS) is 50.8. The minimum Gasteiger partial charge on any atom is -0.390 e. The van der Waals surface area contributed by atoms with Crippen LogP contribution in [0.25, 0.3) is 0 Å². The summed E-state index contributed by atoms with van der Waals surface area (Å²) in [5.41, 5.74) is 1.04. The Morgan fingerprint density at radius 2 is 1.83 bits per heavy atom. The molecule has 0 amide bonds. The summed E-state index contributed by atoms with van der Waals surface area (Å²) in [5, 5.41) is 10.9. The first-order valence-corrected chi connectivity index (χ1v) is 7.90. The summed E-state index contributed by atoms with van der Waals surface area (Å²) in [5.74, 6) is 0.809. The van der Waals surface area contributed by atoms with Crippen LogP contribution in [0.2, 0.25) is 0 Å². The second kappa shape index (κ2) is 3.53. The van der Waals surface area contributed by atoms with E-state index in [1.54, 1.807) is 0 Å². The zero-order chi connectivity index (χ0) is 13.2. The number of aliphatic hydroxyl groups is 1. The highest BCUT2D eigenvalue weighted by Crippen LogP contribution is 2.68. The lowest BCUT2D eigenvalue weighted by Gasteiger charge is -2.65. The van der Waals surface area contributed by atoms with Crippen LogP contribution >= 0.6 is 0 Å². The summed E-state index contributed by atoms with van der Waals surface area (Å²) >= 11 is 0. The molecule has 0 heterocycles. The molecule has 0 aromatic heterocycles. The second-order valence-corrected chi connectivity index (χ2v) is 9.24. The van der Waals surface area contributed by atoms with Crippen LogP contribution in [0.5, 0.6) is 0 Å². The molecule has 4 unspecified atom stereocenters. The van der Waals surface area contributed by atoms with Crippen LogP contribution in [0.3, 0.4) is 0 Å². The van der Waals surface area contributed by atoms with Crippen LogP contribution in [0.1, 0.15) is 79.1 Å². The van der Waals surface area contributed by atoms with Crippen molar-refractivity contribution < 1.29 is 5.11 Å². The molecule has 4 aliphatic carbocycles. The van der Waals surface area contributed by atoms with Crippen molar-refractivity contribution in [1.82, 2.24) is 0 Å². The van der Waals surface area contributed by atoms with Gasteiger partial charge in [-0.2, -0.15) is 0 Å². The molecule has 4 bridgehead atoms. The fourth-order valence-electron chi connectivity index (χ4n) is 6.42. The molecule has 1 nitrogen and oxygen atoms in total. The molecule has 18 heavy (non-hydrogen) atoms. The van der Waals surface area contributed by atoms with E-state index >= 15 is 0 Å². The van der Waals surface area contributed by atoms with Crippen LogP contribution in [-0.4, -0.2) is 10.7 Å². The Morgan fingerprint density at radius 3 is 2.39 bits per heavy atom. The van der Waals surface area contributed by atoms with Gasteiger partial charge in [-0.15, -0.1) is 0 Å². The molecule has 4 saturated carbocycles. The Kier molecular flexibility index (Phi) is 2.55. The lowest BCUT2D eigenvalue weighted by Crippen LogP contribution is -2.59. The van der Waals surface area contributed by atoms with E-state index in [9.17, 15) is 5.11 Å². The molecular weight excluding hydrogens is 220 g/mol. The number of hydrogen-bond acceptors (Lipinski definition) is 1. The molecule has 0 aliphatic heterocycles. The Hall–Kier alpha value is -0.0400. The second-order valence-electron chi connectivity index (χ2n) is 9.24. The van der Waals surface area contributed by atoms with Gasteiger partial charge in [0, 0.05) is 0 Å². The smallest absolute Gasteiger partial charge is 0.0661 e. The van der Waals surface area contributed by atoms with E-state index < -0.39 is 0 Å². The molecular formula is C17H30O. The molecule has 0 spiro atoms. The van der Waals surface area contributed by atoms with Crippen molar-refractivity contribution >= 4 is 0 Å². The molecule has 4 fully saturated rings. The van der Waals surface area contributed by atoms with E-state index in [1.807, 2.05) is 0 Å². The first-order valence-electron chi connectivity index (χ1n) is 7.90. The Morgan fingerprint density at radius 1 is 1.11 bits per heavy atom. The van der Waals surface area contributed by atoms with E-state index in [0.717, 1.165) is 25.2 Å². The SMILES string of the molecule is CCC(C)(C)CC12CC3CC(C)(CC(O)(C3)C1)C2. The van der Waals surface area contributed by atoms with Crippen molar-refractivity contribution in [1.29, 1.82) is 0 Å². The topological polar surface area (TPSA) is 20.2 Å². The largest absolute Gasteiger partial charge is 0.390 e. The lowest BCUT2D eigenvalue weighted by atomic mass is 9.41. The Labute approximate surface area is 112 Å². The third-order valence-electron chi connectivity index (χ3n) is 6.24. The summed E-state index contributed by atoms with van der Waals surface area (Å²) in [4.78, 5) is 0. The highest BCUT2D eigenvalue weighted by Gasteiger charge is 2.61. The van der Waals surface area contributed by atoms with Gasteiger partial charge in [0.2, 0.25) is 0 Å². The van der Waals surface area contributed by atoms with Crippen molar-refractivity contribution in [3.05, 3.63) is 0 Å². The number of hydrogen-bond donors (Lipinski definition) is 1. The van der Waals surface area contributed by atoms with Gasteiger partial charge in [-0.3, -0.25) is 0 Å². The minimum absolute atomic E-state index is 0.308. The highest BCUT2D eigenvalue weighted by molar-refractivity contribution is 5.12. The fourth-order valence-corrected chi connectivity index (χ4v) is 6.42. The zero-order valence-electron chi connectivity index (χ0n) is 12.7. The predicted molar refractivity (Wildman–Crippen MR) is 75.4 cm³/mol. The quantitative estimate of drug-likeness (QED) is 0.780. The molecule has 0 aromatic rings. The summed E-state index contributed by atoms with van der Waals surface area (Å²) < 4.78 is 0. The molecule has 104 valence electrons. The minimum atomic E-state index is -0.308. The summed E-state index contributed by atoms with van der Waals surface area (Å²) in [6.45, 7) is 9.59. The summed E-state index contributed by atoms with van der Waals surface area (Å²) in [6, 6.07) is 0. The number of rotatable bonds is 3. The Bertz CT molecular complexity index is 339. The van der Waals surface area contributed by atoms with Gasteiger partial charge in [-0.05, 0) is 67.1 Å². The predicted octanol–water partition coefficient (Wildman–Crippen LogP) is 4.53. The van der Waals surface area contributed by atoms with Crippen molar-refractivity contribution in [3.8, 4) is 0 Å². The zero-order valence-corrected chi connectivity index (χ0v) is 12.7. The van der Waals surface area contributed by atoms with Crippen molar-refractivity contribution in [2.75, 3.05) is 0 Å². The fraction of sp³-hybridized carbons (Fsp3) is 1.00. The van der Waals surface area contributed by atoms with E-state index in [-0.39, 0.29) is 5.60 Å². The molecule has 0 radical (unpaired) electrons. The third kappa shape index (κ3) is 2.03. The van der Waals surface area contributed by atoms with Crippen LogP contribution < -0.4 is 0 Å². The standard InChI is InChI=1S/C17H30O/c1-5-14(2,3)9-16-7-13-6-15(4,10-16)11-17(18,8-13)12-16/h13,18H,5-12H2,1-4H3. The maximum absolute atomic E-state index is 10.9. The molecule has 4 rings (SSSR count). The van der Waals surface area contributed by atoms with Crippen molar-refractivity contribution in [2.45, 2.75) is 84.7 Å². The molecule has 0 aromatic carbocycles. The van der Waals surface area contributed by atoms with Gasteiger partial charge in [-0.1, -0.05) is 34.1 Å². The molecule has 1 heteroatoms. The Balaban J connectivity index is 1.89. The van der Waals surface area contributed by atoms with Crippen molar-refractivity contribution in [3.63, 3.8) is 0 Å². The van der Waals surface area contributed by atoms with Gasteiger partial charge in [0.15, 0.2) is 0 Å². The van der Waals surface area contributed by atoms with Crippen LogP contribution in [0.4, 0.5) is 0 Å². The highest BCUT2D eigenvalue weighted by atomic mass is 16.3. The van der Waals surface area contributed by atoms with Crippen molar-refractivity contribution in [2.24, 2.45) is 22.2 Å². The summed E-state index contributed by atoms with van der Waals surface area (Å²) in [6.07, 6.45) is 10.00. The van der Waals surface area contributed by atoms with Gasteiger partial charge < -0.3 is 5.11 Å². The van der Waals surface area contributed by atoms with Crippen LogP contribution in [0, 0.1) is 22.2 Å². The maximum atomic E-state index is 10.9. The first kappa shape index (κ1) is 13.0. The van der Waals surface area contributed by atoms with Gasteiger partial charge in [0.1, 0.15) is 0 Å². The monoisotopic (exact) mass is 250 g/mol. The van der Waals surface area contributed by atoms with E-state index in [4.69, 9.17) is 0 Å². The van der Waals surface area contributed by atoms with Gasteiger partial charge in [-0.25, -0.2) is 0 Å². The molecule has 4 atom stereocenters. The molecule has 0 saturated heterocycles. The maximum Gasteiger partial charge on any atom is 0.0661 e. The van der Waals surface area contributed by atoms with E-state index in [1.165, 1.54) is 32.1 Å². The third-order valence-corrected chi connectivity index (χ3v) is 6.24. The van der Waals surface area contributed by atoms with Gasteiger partial charge >= 0.3 is 0 Å². The van der Waals surface area contributed by atoms with E-state index in [2.05, 4.69) is 27.7 Å². The average Bonchev–Trinajstić information content (AvgIpc) is 2.09. The molecule has 4 aliphatic rings. The van der Waals surface area contributed by atoms with Crippen LogP contribution in [0.15, 0.2) is 0 Å².